The molecule has 3 N–H and O–H groups in total. The second-order valence-corrected chi connectivity index (χ2v) is 6.67. The van der Waals surface area contributed by atoms with Gasteiger partial charge in [0.25, 0.3) is 5.91 Å². The van der Waals surface area contributed by atoms with Gasteiger partial charge in [-0.3, -0.25) is 20.0 Å². The van der Waals surface area contributed by atoms with Gasteiger partial charge in [-0.25, -0.2) is 5.43 Å². The predicted octanol–water partition coefficient (Wildman–Crippen LogP) is 1.28. The molecule has 0 saturated carbocycles. The lowest BCUT2D eigenvalue weighted by molar-refractivity contribution is -0.121. The van der Waals surface area contributed by atoms with E-state index in [-0.39, 0.29) is 18.4 Å². The van der Waals surface area contributed by atoms with E-state index in [2.05, 4.69) is 21.0 Å². The third kappa shape index (κ3) is 2.72. The number of aryl methyl sites for hydroxylation is 1. The van der Waals surface area contributed by atoms with Crippen molar-refractivity contribution in [3.63, 3.8) is 0 Å². The third-order valence-electron chi connectivity index (χ3n) is 4.63. The summed E-state index contributed by atoms with van der Waals surface area (Å²) in [7, 11) is 0. The summed E-state index contributed by atoms with van der Waals surface area (Å²) in [5.74, 6) is -0.0210. The van der Waals surface area contributed by atoms with Crippen LogP contribution in [-0.4, -0.2) is 36.4 Å². The molecule has 7 heteroatoms. The first-order valence-electron chi connectivity index (χ1n) is 7.96. The first-order valence-corrected chi connectivity index (χ1v) is 8.34. The van der Waals surface area contributed by atoms with Crippen LogP contribution in [0.4, 0.5) is 5.69 Å². The number of hydrazine groups is 1. The smallest absolute Gasteiger partial charge is 0.254 e. The molecule has 122 valence electrons. The highest BCUT2D eigenvalue weighted by Gasteiger charge is 2.38. The maximum Gasteiger partial charge on any atom is 0.254 e. The normalized spacial score (nSPS) is 27.8. The van der Waals surface area contributed by atoms with Crippen LogP contribution < -0.4 is 21.1 Å². The van der Waals surface area contributed by atoms with E-state index < -0.39 is 0 Å². The number of nitrogens with one attached hydrogen (secondary N) is 3. The Kier molecular flexibility index (Phi) is 3.77. The highest BCUT2D eigenvalue weighted by atomic mass is 35.5. The van der Waals surface area contributed by atoms with Gasteiger partial charge in [0.2, 0.25) is 0 Å². The number of benzene rings is 1. The molecule has 3 aliphatic rings. The minimum absolute atomic E-state index is 0.0210. The van der Waals surface area contributed by atoms with E-state index in [1.54, 1.807) is 0 Å². The SMILES string of the molecule is Cc1cc(Cl)ccc1N1C=C2C(=O)NC(N3CCCC3)NC2N1. The van der Waals surface area contributed by atoms with Crippen molar-refractivity contribution in [3.05, 3.63) is 40.6 Å². The largest absolute Gasteiger partial charge is 0.324 e. The number of rotatable bonds is 2. The molecule has 3 heterocycles. The average Bonchev–Trinajstić information content (AvgIpc) is 3.16. The van der Waals surface area contributed by atoms with Gasteiger partial charge in [-0.15, -0.1) is 0 Å². The summed E-state index contributed by atoms with van der Waals surface area (Å²) in [6, 6.07) is 5.72. The number of fused-ring (bicyclic) bond motifs is 1. The van der Waals surface area contributed by atoms with Crippen LogP contribution in [0.3, 0.4) is 0 Å². The molecule has 0 aromatic heterocycles. The van der Waals surface area contributed by atoms with Crippen molar-refractivity contribution >= 4 is 23.2 Å². The Labute approximate surface area is 140 Å². The fourth-order valence-corrected chi connectivity index (χ4v) is 3.63. The quantitative estimate of drug-likeness (QED) is 0.761. The Morgan fingerprint density at radius 1 is 1.26 bits per heavy atom. The first kappa shape index (κ1) is 15.0. The molecule has 1 aromatic carbocycles. The molecule has 0 bridgehead atoms. The van der Waals surface area contributed by atoms with Crippen molar-refractivity contribution in [2.24, 2.45) is 0 Å². The van der Waals surface area contributed by atoms with Crippen LogP contribution in [0.15, 0.2) is 30.0 Å². The summed E-state index contributed by atoms with van der Waals surface area (Å²) in [6.07, 6.45) is 3.94. The molecule has 2 saturated heterocycles. The van der Waals surface area contributed by atoms with Crippen LogP contribution in [0, 0.1) is 6.92 Å². The van der Waals surface area contributed by atoms with E-state index in [0.717, 1.165) is 24.3 Å². The number of carbonyl (C=O) groups is 1. The Hall–Kier alpha value is -1.60. The lowest BCUT2D eigenvalue weighted by Crippen LogP contribution is -2.66. The van der Waals surface area contributed by atoms with E-state index >= 15 is 0 Å². The van der Waals surface area contributed by atoms with Gasteiger partial charge >= 0.3 is 0 Å². The minimum Gasteiger partial charge on any atom is -0.324 e. The lowest BCUT2D eigenvalue weighted by atomic mass is 10.2. The highest BCUT2D eigenvalue weighted by molar-refractivity contribution is 6.30. The molecule has 2 fully saturated rings. The van der Waals surface area contributed by atoms with Gasteiger partial charge in [0.15, 0.2) is 0 Å². The summed E-state index contributed by atoms with van der Waals surface area (Å²) < 4.78 is 0. The zero-order valence-electron chi connectivity index (χ0n) is 13.0. The molecule has 3 aliphatic heterocycles. The number of halogens is 1. The zero-order valence-corrected chi connectivity index (χ0v) is 13.7. The first-order chi connectivity index (χ1) is 11.1. The van der Waals surface area contributed by atoms with E-state index in [0.29, 0.717) is 10.6 Å². The van der Waals surface area contributed by atoms with Gasteiger partial charge < -0.3 is 5.32 Å². The van der Waals surface area contributed by atoms with Crippen molar-refractivity contribution in [2.45, 2.75) is 32.2 Å². The molecule has 4 rings (SSSR count). The number of hydrogen-bond donors (Lipinski definition) is 3. The molecule has 1 amide bonds. The number of likely N-dealkylation sites (tertiary alicyclic amines) is 1. The van der Waals surface area contributed by atoms with Crippen LogP contribution in [-0.2, 0) is 4.79 Å². The van der Waals surface area contributed by atoms with Crippen molar-refractivity contribution < 1.29 is 4.79 Å². The maximum absolute atomic E-state index is 12.4. The average molecular weight is 334 g/mol. The van der Waals surface area contributed by atoms with Crippen LogP contribution in [0.25, 0.3) is 0 Å². The van der Waals surface area contributed by atoms with Gasteiger partial charge in [0, 0.05) is 24.3 Å². The van der Waals surface area contributed by atoms with Crippen LogP contribution in [0.1, 0.15) is 18.4 Å². The molecule has 1 aromatic rings. The number of anilines is 1. The van der Waals surface area contributed by atoms with Crippen LogP contribution >= 0.6 is 11.6 Å². The standard InChI is InChI=1S/C16H20ClN5O/c1-10-8-11(17)4-5-13(10)22-9-12-14(20-22)18-16(19-15(12)23)21-6-2-3-7-21/h4-5,8-9,14,16,18,20H,2-3,6-7H2,1H3,(H,19,23). The van der Waals surface area contributed by atoms with E-state index in [1.165, 1.54) is 12.8 Å². The molecule has 0 spiro atoms. The Morgan fingerprint density at radius 3 is 2.78 bits per heavy atom. The fourth-order valence-electron chi connectivity index (χ4n) is 3.41. The second kappa shape index (κ2) is 5.79. The Balaban J connectivity index is 1.54. The molecule has 6 nitrogen and oxygen atoms in total. The molecule has 23 heavy (non-hydrogen) atoms. The molecule has 2 atom stereocenters. The lowest BCUT2D eigenvalue weighted by Gasteiger charge is -2.36. The minimum atomic E-state index is -0.176. The molecule has 0 radical (unpaired) electrons. The van der Waals surface area contributed by atoms with Crippen molar-refractivity contribution in [1.82, 2.24) is 21.0 Å². The molecule has 2 unspecified atom stereocenters. The van der Waals surface area contributed by atoms with Gasteiger partial charge in [0.05, 0.1) is 11.3 Å². The zero-order chi connectivity index (χ0) is 16.0. The summed E-state index contributed by atoms with van der Waals surface area (Å²) in [4.78, 5) is 14.7. The monoisotopic (exact) mass is 333 g/mol. The second-order valence-electron chi connectivity index (χ2n) is 6.23. The number of nitrogens with zero attached hydrogens (tertiary/aromatic N) is 2. The summed E-state index contributed by atoms with van der Waals surface area (Å²) in [5, 5.41) is 9.11. The Morgan fingerprint density at radius 2 is 2.04 bits per heavy atom. The maximum atomic E-state index is 12.4. The van der Waals surface area contributed by atoms with Crippen molar-refractivity contribution in [2.75, 3.05) is 18.1 Å². The molecular weight excluding hydrogens is 314 g/mol. The summed E-state index contributed by atoms with van der Waals surface area (Å²) >= 11 is 6.02. The van der Waals surface area contributed by atoms with Crippen LogP contribution in [0.5, 0.6) is 0 Å². The third-order valence-corrected chi connectivity index (χ3v) is 4.86. The number of carbonyl (C=O) groups excluding carboxylic acids is 1. The van der Waals surface area contributed by atoms with E-state index in [9.17, 15) is 4.79 Å². The van der Waals surface area contributed by atoms with Crippen LogP contribution in [0.2, 0.25) is 5.02 Å². The fraction of sp³-hybridized carbons (Fsp3) is 0.438. The summed E-state index contributed by atoms with van der Waals surface area (Å²) in [5.41, 5.74) is 6.10. The number of amides is 1. The van der Waals surface area contributed by atoms with Gasteiger partial charge in [-0.2, -0.15) is 0 Å². The van der Waals surface area contributed by atoms with E-state index in [1.807, 2.05) is 36.3 Å². The highest BCUT2D eigenvalue weighted by Crippen LogP contribution is 2.27. The summed E-state index contributed by atoms with van der Waals surface area (Å²) in [6.45, 7) is 4.04. The van der Waals surface area contributed by atoms with Crippen molar-refractivity contribution in [1.29, 1.82) is 0 Å². The van der Waals surface area contributed by atoms with E-state index in [4.69, 9.17) is 11.6 Å². The van der Waals surface area contributed by atoms with Crippen molar-refractivity contribution in [3.8, 4) is 0 Å². The van der Waals surface area contributed by atoms with Gasteiger partial charge in [0.1, 0.15) is 12.5 Å². The molecular formula is C16H20ClN5O. The number of hydrogen-bond acceptors (Lipinski definition) is 5. The predicted molar refractivity (Wildman–Crippen MR) is 89.5 cm³/mol. The molecule has 0 aliphatic carbocycles. The van der Waals surface area contributed by atoms with Gasteiger partial charge in [-0.1, -0.05) is 11.6 Å². The van der Waals surface area contributed by atoms with Gasteiger partial charge in [-0.05, 0) is 43.5 Å². The topological polar surface area (TPSA) is 59.6 Å². The Bertz CT molecular complexity index is 670.